The molecular formula is C26H30Cl2F3N5O3. The Hall–Kier alpha value is -2.86. The number of anilines is 2. The number of ether oxygens (including phenoxy) is 1. The van der Waals surface area contributed by atoms with Crippen LogP contribution >= 0.6 is 23.2 Å². The lowest BCUT2D eigenvalue weighted by molar-refractivity contribution is -0.192. The smallest absolute Gasteiger partial charge is 0.475 e. The summed E-state index contributed by atoms with van der Waals surface area (Å²) in [5, 5.41) is 12.0. The number of nitrogens with zero attached hydrogens (tertiary/aromatic N) is 4. The van der Waals surface area contributed by atoms with Crippen LogP contribution in [0.1, 0.15) is 19.4 Å². The Morgan fingerprint density at radius 1 is 1.08 bits per heavy atom. The lowest BCUT2D eigenvalue weighted by atomic mass is 10.2. The summed E-state index contributed by atoms with van der Waals surface area (Å²) < 4.78 is 37.4. The van der Waals surface area contributed by atoms with E-state index in [-0.39, 0.29) is 6.10 Å². The van der Waals surface area contributed by atoms with Crippen LogP contribution in [0.15, 0.2) is 42.5 Å². The molecule has 1 saturated heterocycles. The SMILES string of the molecule is CC(C)OCCNc1nc2ccccc2nc1N1CCN(Cc2cc(Cl)ccc2Cl)CC1.O=C(O)C(F)(F)F. The zero-order valence-corrected chi connectivity index (χ0v) is 23.0. The normalized spacial score (nSPS) is 14.3. The van der Waals surface area contributed by atoms with Crippen molar-refractivity contribution in [1.82, 2.24) is 14.9 Å². The van der Waals surface area contributed by atoms with Crippen LogP contribution in [0.2, 0.25) is 10.0 Å². The Balaban J connectivity index is 0.000000532. The number of benzene rings is 2. The number of nitrogens with one attached hydrogen (secondary N) is 1. The molecule has 0 radical (unpaired) electrons. The van der Waals surface area contributed by atoms with Gasteiger partial charge in [-0.3, -0.25) is 4.90 Å². The fraction of sp³-hybridized carbons (Fsp3) is 0.423. The van der Waals surface area contributed by atoms with Crippen LogP contribution in [0.25, 0.3) is 11.0 Å². The van der Waals surface area contributed by atoms with Crippen molar-refractivity contribution in [3.63, 3.8) is 0 Å². The van der Waals surface area contributed by atoms with Crippen molar-refractivity contribution in [2.45, 2.75) is 32.7 Å². The molecule has 4 rings (SSSR count). The monoisotopic (exact) mass is 587 g/mol. The molecule has 0 atom stereocenters. The number of carboxylic acid groups (broad SMARTS) is 1. The van der Waals surface area contributed by atoms with Crippen molar-refractivity contribution in [3.8, 4) is 0 Å². The van der Waals surface area contributed by atoms with Gasteiger partial charge in [0.05, 0.1) is 23.7 Å². The molecule has 0 bridgehead atoms. The number of para-hydroxylation sites is 2. The molecule has 2 aromatic carbocycles. The Bertz CT molecular complexity index is 1260. The van der Waals surface area contributed by atoms with Crippen molar-refractivity contribution in [2.75, 3.05) is 49.5 Å². The highest BCUT2D eigenvalue weighted by atomic mass is 35.5. The van der Waals surface area contributed by atoms with E-state index in [0.29, 0.717) is 18.2 Å². The van der Waals surface area contributed by atoms with Crippen molar-refractivity contribution < 1.29 is 27.8 Å². The van der Waals surface area contributed by atoms with Crippen molar-refractivity contribution in [2.24, 2.45) is 0 Å². The summed E-state index contributed by atoms with van der Waals surface area (Å²) in [6, 6.07) is 13.6. The molecule has 8 nitrogen and oxygen atoms in total. The number of aromatic nitrogens is 2. The standard InChI is InChI=1S/C24H29Cl2N5O.C2HF3O2/c1-17(2)32-14-9-27-23-24(29-22-6-4-3-5-21(22)28-23)31-12-10-30(11-13-31)16-18-15-19(25)7-8-20(18)26;3-2(4,5)1(6)7/h3-8,15,17H,9-14,16H2,1-2H3,(H,27,28);(H,6,7). The van der Waals surface area contributed by atoms with Gasteiger partial charge in [0.1, 0.15) is 0 Å². The predicted octanol–water partition coefficient (Wildman–Crippen LogP) is 5.73. The number of piperazine rings is 1. The predicted molar refractivity (Wildman–Crippen MR) is 147 cm³/mol. The van der Waals surface area contributed by atoms with Crippen LogP contribution < -0.4 is 10.2 Å². The van der Waals surface area contributed by atoms with E-state index in [1.165, 1.54) is 0 Å². The second-order valence-corrected chi connectivity index (χ2v) is 9.88. The summed E-state index contributed by atoms with van der Waals surface area (Å²) in [6.07, 6.45) is -4.87. The zero-order chi connectivity index (χ0) is 28.6. The highest BCUT2D eigenvalue weighted by Crippen LogP contribution is 2.27. The van der Waals surface area contributed by atoms with Gasteiger partial charge < -0.3 is 20.1 Å². The molecule has 0 amide bonds. The Labute approximate surface area is 234 Å². The van der Waals surface area contributed by atoms with Gasteiger partial charge >= 0.3 is 12.1 Å². The summed E-state index contributed by atoms with van der Waals surface area (Å²) in [7, 11) is 0. The van der Waals surface area contributed by atoms with Crippen molar-refractivity contribution in [3.05, 3.63) is 58.1 Å². The average molecular weight is 588 g/mol. The molecule has 39 heavy (non-hydrogen) atoms. The van der Waals surface area contributed by atoms with E-state index >= 15 is 0 Å². The highest BCUT2D eigenvalue weighted by Gasteiger charge is 2.38. The number of aliphatic carboxylic acids is 1. The molecule has 1 aliphatic rings. The van der Waals surface area contributed by atoms with Gasteiger partial charge in [0, 0.05) is 49.3 Å². The van der Waals surface area contributed by atoms with Gasteiger partial charge in [-0.05, 0) is 49.7 Å². The van der Waals surface area contributed by atoms with E-state index in [9.17, 15) is 13.2 Å². The molecule has 0 spiro atoms. The first-order valence-electron chi connectivity index (χ1n) is 12.3. The van der Waals surface area contributed by atoms with E-state index in [1.54, 1.807) is 0 Å². The number of rotatable bonds is 8. The van der Waals surface area contributed by atoms with E-state index in [4.69, 9.17) is 47.8 Å². The maximum Gasteiger partial charge on any atom is 0.490 e. The minimum Gasteiger partial charge on any atom is -0.475 e. The van der Waals surface area contributed by atoms with Gasteiger partial charge in [0.25, 0.3) is 0 Å². The number of hydrogen-bond acceptors (Lipinski definition) is 7. The van der Waals surface area contributed by atoms with E-state index < -0.39 is 12.1 Å². The number of carbonyl (C=O) groups is 1. The first-order chi connectivity index (χ1) is 18.4. The molecule has 2 N–H and O–H groups in total. The van der Waals surface area contributed by atoms with Crippen LogP contribution in [0, 0.1) is 0 Å². The molecule has 13 heteroatoms. The maximum absolute atomic E-state index is 10.6. The van der Waals surface area contributed by atoms with Gasteiger partial charge in [-0.2, -0.15) is 13.2 Å². The summed E-state index contributed by atoms with van der Waals surface area (Å²) in [5.74, 6) is -1.05. The van der Waals surface area contributed by atoms with Crippen LogP contribution in [0.5, 0.6) is 0 Å². The summed E-state index contributed by atoms with van der Waals surface area (Å²) in [6.45, 7) is 9.72. The molecule has 2 heterocycles. The molecule has 0 aliphatic carbocycles. The molecule has 3 aromatic rings. The maximum atomic E-state index is 10.6. The summed E-state index contributed by atoms with van der Waals surface area (Å²) in [5.41, 5.74) is 2.85. The fourth-order valence-corrected chi connectivity index (χ4v) is 4.19. The van der Waals surface area contributed by atoms with E-state index in [2.05, 4.69) is 15.1 Å². The van der Waals surface area contributed by atoms with Crippen LogP contribution in [-0.2, 0) is 16.1 Å². The minimum absolute atomic E-state index is 0.208. The lowest BCUT2D eigenvalue weighted by Crippen LogP contribution is -2.46. The van der Waals surface area contributed by atoms with Gasteiger partial charge in [-0.1, -0.05) is 35.3 Å². The van der Waals surface area contributed by atoms with Crippen molar-refractivity contribution in [1.29, 1.82) is 0 Å². The fourth-order valence-electron chi connectivity index (χ4n) is 3.82. The van der Waals surface area contributed by atoms with Crippen molar-refractivity contribution >= 4 is 51.8 Å². The largest absolute Gasteiger partial charge is 0.490 e. The molecule has 1 aliphatic heterocycles. The van der Waals surface area contributed by atoms with Crippen LogP contribution in [0.4, 0.5) is 24.8 Å². The van der Waals surface area contributed by atoms with E-state index in [0.717, 1.165) is 66.0 Å². The molecule has 212 valence electrons. The molecule has 0 saturated carbocycles. The molecule has 1 aromatic heterocycles. The van der Waals surface area contributed by atoms with Crippen LogP contribution in [-0.4, -0.2) is 77.6 Å². The highest BCUT2D eigenvalue weighted by molar-refractivity contribution is 6.33. The molecule has 1 fully saturated rings. The number of fused-ring (bicyclic) bond motifs is 1. The third kappa shape index (κ3) is 9.38. The Morgan fingerprint density at radius 3 is 2.28 bits per heavy atom. The third-order valence-corrected chi connectivity index (χ3v) is 6.32. The van der Waals surface area contributed by atoms with E-state index in [1.807, 2.05) is 56.3 Å². The number of alkyl halides is 3. The molecular weight excluding hydrogens is 558 g/mol. The third-order valence-electron chi connectivity index (χ3n) is 5.71. The second-order valence-electron chi connectivity index (χ2n) is 9.03. The Morgan fingerprint density at radius 2 is 1.69 bits per heavy atom. The topological polar surface area (TPSA) is 90.8 Å². The Kier molecular flexibility index (Phi) is 11.0. The summed E-state index contributed by atoms with van der Waals surface area (Å²) >= 11 is 12.5. The van der Waals surface area contributed by atoms with Gasteiger partial charge in [-0.25, -0.2) is 14.8 Å². The number of hydrogen-bond donors (Lipinski definition) is 2. The second kappa shape index (κ2) is 14.0. The lowest BCUT2D eigenvalue weighted by Gasteiger charge is -2.36. The minimum atomic E-state index is -5.08. The number of carboxylic acids is 1. The zero-order valence-electron chi connectivity index (χ0n) is 21.5. The van der Waals surface area contributed by atoms with Gasteiger partial charge in [0.2, 0.25) is 0 Å². The van der Waals surface area contributed by atoms with Crippen LogP contribution in [0.3, 0.4) is 0 Å². The number of halogens is 5. The summed E-state index contributed by atoms with van der Waals surface area (Å²) in [4.78, 5) is 23.4. The van der Waals surface area contributed by atoms with Gasteiger partial charge in [-0.15, -0.1) is 0 Å². The molecule has 0 unspecified atom stereocenters. The first kappa shape index (κ1) is 30.7. The first-order valence-corrected chi connectivity index (χ1v) is 13.0. The quantitative estimate of drug-likeness (QED) is 0.323. The average Bonchev–Trinajstić information content (AvgIpc) is 2.88. The van der Waals surface area contributed by atoms with Gasteiger partial charge in [0.15, 0.2) is 11.6 Å².